The summed E-state index contributed by atoms with van der Waals surface area (Å²) in [6.45, 7) is 6.52. The van der Waals surface area contributed by atoms with Crippen LogP contribution in [-0.2, 0) is 28.6 Å². The molecule has 0 fully saturated rings. The minimum absolute atomic E-state index is 0.0775. The Bertz CT molecular complexity index is 1170. The highest BCUT2D eigenvalue weighted by Crippen LogP contribution is 2.16. The monoisotopic (exact) mass is 939 g/mol. The van der Waals surface area contributed by atoms with Crippen LogP contribution in [0, 0.1) is 0 Å². The van der Waals surface area contributed by atoms with Crippen LogP contribution >= 0.6 is 0 Å². The minimum Gasteiger partial charge on any atom is -0.462 e. The van der Waals surface area contributed by atoms with Gasteiger partial charge in [-0.05, 0) is 77.0 Å². The van der Waals surface area contributed by atoms with Crippen molar-refractivity contribution in [3.63, 3.8) is 0 Å². The molecule has 1 unspecified atom stereocenters. The van der Waals surface area contributed by atoms with E-state index in [0.29, 0.717) is 19.3 Å². The van der Waals surface area contributed by atoms with Gasteiger partial charge in [-0.3, -0.25) is 14.4 Å². The number of carbonyl (C=O) groups is 3. The van der Waals surface area contributed by atoms with Gasteiger partial charge < -0.3 is 14.2 Å². The zero-order chi connectivity index (χ0) is 48.6. The van der Waals surface area contributed by atoms with E-state index >= 15 is 0 Å². The highest BCUT2D eigenvalue weighted by molar-refractivity contribution is 5.71. The number of esters is 3. The molecule has 0 aromatic carbocycles. The van der Waals surface area contributed by atoms with Crippen molar-refractivity contribution in [1.29, 1.82) is 0 Å². The van der Waals surface area contributed by atoms with Crippen LogP contribution in [0.15, 0.2) is 48.6 Å². The Morgan fingerprint density at radius 1 is 0.313 bits per heavy atom. The summed E-state index contributed by atoms with van der Waals surface area (Å²) < 4.78 is 16.8. The summed E-state index contributed by atoms with van der Waals surface area (Å²) in [4.78, 5) is 38.0. The topological polar surface area (TPSA) is 78.9 Å². The van der Waals surface area contributed by atoms with Crippen molar-refractivity contribution in [1.82, 2.24) is 0 Å². The fraction of sp³-hybridized carbons (Fsp3) is 0.820. The van der Waals surface area contributed by atoms with Gasteiger partial charge in [-0.25, -0.2) is 0 Å². The van der Waals surface area contributed by atoms with Gasteiger partial charge in [0.1, 0.15) is 13.2 Å². The zero-order valence-corrected chi connectivity index (χ0v) is 44.7. The van der Waals surface area contributed by atoms with Crippen molar-refractivity contribution in [2.24, 2.45) is 0 Å². The molecule has 0 aromatic rings. The van der Waals surface area contributed by atoms with Gasteiger partial charge in [0.25, 0.3) is 0 Å². The SMILES string of the molecule is CC/C=C\C/C=C\C/C=C\CCCCCCCC(=O)OC(COC(=O)CCCCCCCCCCC)COC(=O)CCCCCCCCCCCCCCC/C=C\CCCCCCCCCC. The summed E-state index contributed by atoms with van der Waals surface area (Å²) >= 11 is 0. The van der Waals surface area contributed by atoms with E-state index in [0.717, 1.165) is 96.3 Å². The number of allylic oxidation sites excluding steroid dienone is 8. The maximum absolute atomic E-state index is 12.8. The third kappa shape index (κ3) is 54.2. The Hall–Kier alpha value is -2.63. The first kappa shape index (κ1) is 64.4. The van der Waals surface area contributed by atoms with Crippen LogP contribution < -0.4 is 0 Å². The molecule has 0 saturated carbocycles. The first-order valence-electron chi connectivity index (χ1n) is 29.1. The van der Waals surface area contributed by atoms with Crippen LogP contribution in [0.4, 0.5) is 0 Å². The predicted molar refractivity (Wildman–Crippen MR) is 289 cm³/mol. The Morgan fingerprint density at radius 2 is 0.582 bits per heavy atom. The van der Waals surface area contributed by atoms with Gasteiger partial charge in [0, 0.05) is 19.3 Å². The summed E-state index contributed by atoms with van der Waals surface area (Å²) in [5, 5.41) is 0. The molecule has 0 N–H and O–H groups in total. The lowest BCUT2D eigenvalue weighted by Crippen LogP contribution is -2.30. The second-order valence-corrected chi connectivity index (χ2v) is 19.5. The Labute approximate surface area is 416 Å². The largest absolute Gasteiger partial charge is 0.462 e. The van der Waals surface area contributed by atoms with E-state index in [4.69, 9.17) is 14.2 Å². The zero-order valence-electron chi connectivity index (χ0n) is 44.7. The molecule has 0 heterocycles. The summed E-state index contributed by atoms with van der Waals surface area (Å²) in [5.41, 5.74) is 0. The summed E-state index contributed by atoms with van der Waals surface area (Å²) in [6, 6.07) is 0. The molecule has 67 heavy (non-hydrogen) atoms. The number of hydrogen-bond acceptors (Lipinski definition) is 6. The Kier molecular flexibility index (Phi) is 53.8. The molecule has 6 nitrogen and oxygen atoms in total. The van der Waals surface area contributed by atoms with Gasteiger partial charge in [-0.2, -0.15) is 0 Å². The molecule has 0 amide bonds. The first-order valence-corrected chi connectivity index (χ1v) is 29.1. The van der Waals surface area contributed by atoms with Gasteiger partial charge in [-0.15, -0.1) is 0 Å². The van der Waals surface area contributed by atoms with Gasteiger partial charge in [0.15, 0.2) is 6.10 Å². The van der Waals surface area contributed by atoms with Crippen LogP contribution in [0.1, 0.15) is 303 Å². The van der Waals surface area contributed by atoms with E-state index in [1.54, 1.807) is 0 Å². The van der Waals surface area contributed by atoms with Gasteiger partial charge in [0.2, 0.25) is 0 Å². The fourth-order valence-electron chi connectivity index (χ4n) is 8.45. The number of unbranched alkanes of at least 4 members (excludes halogenated alkanes) is 34. The molecule has 0 spiro atoms. The molecule has 390 valence electrons. The molecular formula is C61H110O6. The van der Waals surface area contributed by atoms with Crippen molar-refractivity contribution in [3.05, 3.63) is 48.6 Å². The van der Waals surface area contributed by atoms with E-state index in [9.17, 15) is 14.4 Å². The average molecular weight is 940 g/mol. The van der Waals surface area contributed by atoms with Crippen molar-refractivity contribution in [2.45, 2.75) is 309 Å². The molecule has 0 bridgehead atoms. The summed E-state index contributed by atoms with van der Waals surface area (Å²) in [5.74, 6) is -0.885. The number of carbonyl (C=O) groups excluding carboxylic acids is 3. The van der Waals surface area contributed by atoms with E-state index < -0.39 is 6.10 Å². The molecule has 0 aliphatic heterocycles. The molecule has 0 rings (SSSR count). The number of hydrogen-bond donors (Lipinski definition) is 0. The van der Waals surface area contributed by atoms with E-state index in [1.807, 2.05) is 0 Å². The minimum atomic E-state index is -0.778. The normalized spacial score (nSPS) is 12.3. The van der Waals surface area contributed by atoms with Crippen molar-refractivity contribution in [2.75, 3.05) is 13.2 Å². The van der Waals surface area contributed by atoms with Gasteiger partial charge in [0.05, 0.1) is 0 Å². The lowest BCUT2D eigenvalue weighted by Gasteiger charge is -2.18. The highest BCUT2D eigenvalue weighted by Gasteiger charge is 2.19. The number of ether oxygens (including phenoxy) is 3. The van der Waals surface area contributed by atoms with Crippen molar-refractivity contribution < 1.29 is 28.6 Å². The van der Waals surface area contributed by atoms with E-state index in [1.165, 1.54) is 167 Å². The van der Waals surface area contributed by atoms with Crippen LogP contribution in [0.3, 0.4) is 0 Å². The molecule has 0 radical (unpaired) electrons. The second-order valence-electron chi connectivity index (χ2n) is 19.5. The van der Waals surface area contributed by atoms with E-state index in [-0.39, 0.29) is 31.1 Å². The molecule has 0 aliphatic carbocycles. The van der Waals surface area contributed by atoms with Crippen LogP contribution in [0.25, 0.3) is 0 Å². The third-order valence-electron chi connectivity index (χ3n) is 12.8. The maximum atomic E-state index is 12.8. The van der Waals surface area contributed by atoms with Gasteiger partial charge in [-0.1, -0.05) is 256 Å². The molecule has 0 aliphatic rings. The number of rotatable bonds is 53. The molecule has 6 heteroatoms. The average Bonchev–Trinajstić information content (AvgIpc) is 3.33. The maximum Gasteiger partial charge on any atom is 0.306 e. The molecular weight excluding hydrogens is 829 g/mol. The standard InChI is InChI=1S/C61H110O6/c1-4-7-10-13-16-19-21-23-25-26-27-28-29-30-31-32-33-34-36-37-39-42-45-48-51-54-60(63)66-57-58(56-65-59(62)53-50-47-44-41-18-15-12-9-6-3)67-61(64)55-52-49-46-43-40-38-35-24-22-20-17-14-11-8-5-2/h8,11,17,20,24,26-27,35,58H,4-7,9-10,12-16,18-19,21-23,25,28-34,36-57H2,1-3H3/b11-8-,20-17-,27-26-,35-24-. The smallest absolute Gasteiger partial charge is 0.306 e. The fourth-order valence-corrected chi connectivity index (χ4v) is 8.45. The van der Waals surface area contributed by atoms with Crippen LogP contribution in [-0.4, -0.2) is 37.2 Å². The van der Waals surface area contributed by atoms with Crippen molar-refractivity contribution in [3.8, 4) is 0 Å². The quantitative estimate of drug-likeness (QED) is 0.0262. The van der Waals surface area contributed by atoms with Gasteiger partial charge >= 0.3 is 17.9 Å². The summed E-state index contributed by atoms with van der Waals surface area (Å²) in [7, 11) is 0. The van der Waals surface area contributed by atoms with E-state index in [2.05, 4.69) is 69.4 Å². The predicted octanol–water partition coefficient (Wildman–Crippen LogP) is 19.4. The third-order valence-corrected chi connectivity index (χ3v) is 12.8. The molecule has 1 atom stereocenters. The first-order chi connectivity index (χ1) is 33.0. The molecule has 0 aromatic heterocycles. The van der Waals surface area contributed by atoms with Crippen molar-refractivity contribution >= 4 is 17.9 Å². The van der Waals surface area contributed by atoms with Crippen LogP contribution in [0.5, 0.6) is 0 Å². The lowest BCUT2D eigenvalue weighted by atomic mass is 10.0. The highest BCUT2D eigenvalue weighted by atomic mass is 16.6. The summed E-state index contributed by atoms with van der Waals surface area (Å²) in [6.07, 6.45) is 68.4. The van der Waals surface area contributed by atoms with Crippen LogP contribution in [0.2, 0.25) is 0 Å². The Morgan fingerprint density at radius 3 is 0.925 bits per heavy atom. The second kappa shape index (κ2) is 56.0. The molecule has 0 saturated heterocycles. The Balaban J connectivity index is 4.18. The lowest BCUT2D eigenvalue weighted by molar-refractivity contribution is -0.167.